The minimum absolute atomic E-state index is 0.0211. The molecule has 0 bridgehead atoms. The number of rotatable bonds is 4. The maximum absolute atomic E-state index is 12.8. The highest BCUT2D eigenvalue weighted by molar-refractivity contribution is 5.89. The van der Waals surface area contributed by atoms with Crippen LogP contribution >= 0.6 is 0 Å². The maximum Gasteiger partial charge on any atom is 0.241 e. The van der Waals surface area contributed by atoms with Crippen molar-refractivity contribution in [2.75, 3.05) is 6.61 Å². The molecule has 22 heavy (non-hydrogen) atoms. The number of amides is 1. The maximum atomic E-state index is 12.8. The fraction of sp³-hybridized carbons (Fsp3) is 0.750. The molecule has 2 fully saturated rings. The van der Waals surface area contributed by atoms with Crippen LogP contribution in [0, 0.1) is 11.3 Å². The topological polar surface area (TPSA) is 82.2 Å². The zero-order valence-electron chi connectivity index (χ0n) is 13.6. The van der Waals surface area contributed by atoms with E-state index in [1.54, 1.807) is 6.20 Å². The second kappa shape index (κ2) is 5.35. The van der Waals surface area contributed by atoms with Crippen LogP contribution in [0.1, 0.15) is 33.6 Å². The van der Waals surface area contributed by atoms with Gasteiger partial charge in [-0.3, -0.25) is 9.48 Å². The average molecular weight is 306 g/mol. The van der Waals surface area contributed by atoms with Gasteiger partial charge in [0.1, 0.15) is 5.54 Å². The van der Waals surface area contributed by atoms with E-state index in [-0.39, 0.29) is 29.4 Å². The summed E-state index contributed by atoms with van der Waals surface area (Å²) in [5.74, 6) is 0.0528. The Kier molecular flexibility index (Phi) is 3.77. The van der Waals surface area contributed by atoms with E-state index in [0.717, 1.165) is 19.4 Å². The lowest BCUT2D eigenvalue weighted by Gasteiger charge is -2.65. The van der Waals surface area contributed by atoms with Gasteiger partial charge in [-0.15, -0.1) is 0 Å². The van der Waals surface area contributed by atoms with Gasteiger partial charge in [0, 0.05) is 36.4 Å². The smallest absolute Gasteiger partial charge is 0.241 e. The number of fused-ring (bicyclic) bond motifs is 1. The number of carbonyl (C=O) groups excluding carboxylic acids is 1. The van der Waals surface area contributed by atoms with Gasteiger partial charge in [-0.05, 0) is 25.8 Å². The Labute approximate surface area is 131 Å². The van der Waals surface area contributed by atoms with Gasteiger partial charge in [0.05, 0.1) is 12.6 Å². The van der Waals surface area contributed by atoms with Gasteiger partial charge in [0.15, 0.2) is 0 Å². The van der Waals surface area contributed by atoms with Gasteiger partial charge in [-0.2, -0.15) is 5.10 Å². The molecule has 0 aromatic carbocycles. The van der Waals surface area contributed by atoms with Gasteiger partial charge in [-0.25, -0.2) is 0 Å². The van der Waals surface area contributed by atoms with Gasteiger partial charge in [-0.1, -0.05) is 13.8 Å². The van der Waals surface area contributed by atoms with E-state index < -0.39 is 5.54 Å². The summed E-state index contributed by atoms with van der Waals surface area (Å²) in [4.78, 5) is 12.8. The zero-order chi connectivity index (χ0) is 16.0. The van der Waals surface area contributed by atoms with E-state index >= 15 is 0 Å². The van der Waals surface area contributed by atoms with Crippen molar-refractivity contribution in [1.29, 1.82) is 0 Å². The number of ether oxygens (including phenoxy) is 1. The van der Waals surface area contributed by atoms with Crippen LogP contribution in [-0.2, 0) is 16.1 Å². The van der Waals surface area contributed by atoms with E-state index in [2.05, 4.69) is 10.4 Å². The second-order valence-corrected chi connectivity index (χ2v) is 7.23. The average Bonchev–Trinajstić information content (AvgIpc) is 2.98. The Balaban J connectivity index is 1.68. The largest absolute Gasteiger partial charge is 0.377 e. The van der Waals surface area contributed by atoms with Crippen LogP contribution in [0.2, 0.25) is 0 Å². The minimum Gasteiger partial charge on any atom is -0.377 e. The molecule has 1 saturated carbocycles. The first-order chi connectivity index (χ1) is 10.4. The normalized spacial score (nSPS) is 34.4. The molecule has 1 saturated heterocycles. The van der Waals surface area contributed by atoms with E-state index in [4.69, 9.17) is 10.5 Å². The summed E-state index contributed by atoms with van der Waals surface area (Å²) in [6.45, 7) is 7.47. The SMILES string of the molecule is CC(Cn1cccn1)NC(=O)C1(N)C2CCCOC2C1(C)C. The number of carbonyl (C=O) groups is 1. The molecule has 0 radical (unpaired) electrons. The third-order valence-corrected chi connectivity index (χ3v) is 5.46. The molecular formula is C16H26N4O2. The van der Waals surface area contributed by atoms with Crippen LogP contribution in [-0.4, -0.2) is 40.0 Å². The second-order valence-electron chi connectivity index (χ2n) is 7.23. The van der Waals surface area contributed by atoms with Crippen molar-refractivity contribution in [3.63, 3.8) is 0 Å². The van der Waals surface area contributed by atoms with Crippen molar-refractivity contribution in [2.45, 2.75) is 57.8 Å². The summed E-state index contributed by atoms with van der Waals surface area (Å²) >= 11 is 0. The van der Waals surface area contributed by atoms with Crippen LogP contribution in [0.4, 0.5) is 0 Å². The van der Waals surface area contributed by atoms with Gasteiger partial charge in [0.2, 0.25) is 5.91 Å². The minimum atomic E-state index is -0.851. The van der Waals surface area contributed by atoms with Crippen molar-refractivity contribution in [3.05, 3.63) is 18.5 Å². The Bertz CT molecular complexity index is 542. The number of nitrogens with one attached hydrogen (secondary N) is 1. The van der Waals surface area contributed by atoms with Gasteiger partial charge >= 0.3 is 0 Å². The Morgan fingerprint density at radius 1 is 1.59 bits per heavy atom. The van der Waals surface area contributed by atoms with E-state index in [1.165, 1.54) is 0 Å². The molecule has 0 spiro atoms. The summed E-state index contributed by atoms with van der Waals surface area (Å²) < 4.78 is 7.67. The summed E-state index contributed by atoms with van der Waals surface area (Å²) in [5, 5.41) is 7.24. The van der Waals surface area contributed by atoms with Crippen molar-refractivity contribution >= 4 is 5.91 Å². The highest BCUT2D eigenvalue weighted by Gasteiger charge is 2.70. The molecule has 4 atom stereocenters. The summed E-state index contributed by atoms with van der Waals surface area (Å²) in [6.07, 6.45) is 5.66. The number of nitrogens with zero attached hydrogens (tertiary/aromatic N) is 2. The molecule has 3 rings (SSSR count). The van der Waals surface area contributed by atoms with Crippen LogP contribution in [0.5, 0.6) is 0 Å². The molecule has 1 aliphatic heterocycles. The third kappa shape index (κ3) is 2.16. The monoisotopic (exact) mass is 306 g/mol. The standard InChI is InChI=1S/C16H26N4O2/c1-11(10-20-8-5-7-18-20)19-14(21)16(17)12-6-4-9-22-13(12)15(16,2)3/h5,7-8,11-13H,4,6,9-10,17H2,1-3H3,(H,19,21). The molecule has 1 amide bonds. The van der Waals surface area contributed by atoms with Crippen molar-refractivity contribution in [3.8, 4) is 0 Å². The first kappa shape index (κ1) is 15.5. The lowest BCUT2D eigenvalue weighted by atomic mass is 9.46. The molecule has 1 aliphatic carbocycles. The lowest BCUT2D eigenvalue weighted by molar-refractivity contribution is -0.225. The van der Waals surface area contributed by atoms with Crippen LogP contribution in [0.15, 0.2) is 18.5 Å². The molecule has 6 heteroatoms. The zero-order valence-corrected chi connectivity index (χ0v) is 13.6. The van der Waals surface area contributed by atoms with Crippen LogP contribution in [0.3, 0.4) is 0 Å². The summed E-state index contributed by atoms with van der Waals surface area (Å²) in [7, 11) is 0. The molecule has 1 aromatic rings. The Morgan fingerprint density at radius 3 is 3.05 bits per heavy atom. The molecule has 3 N–H and O–H groups in total. The Hall–Kier alpha value is -1.40. The van der Waals surface area contributed by atoms with Crippen LogP contribution < -0.4 is 11.1 Å². The van der Waals surface area contributed by atoms with Crippen molar-refractivity contribution < 1.29 is 9.53 Å². The van der Waals surface area contributed by atoms with E-state index in [0.29, 0.717) is 6.54 Å². The van der Waals surface area contributed by atoms with Crippen LogP contribution in [0.25, 0.3) is 0 Å². The number of nitrogens with two attached hydrogens (primary N) is 1. The first-order valence-corrected chi connectivity index (χ1v) is 8.06. The molecule has 4 unspecified atom stereocenters. The highest BCUT2D eigenvalue weighted by atomic mass is 16.5. The summed E-state index contributed by atoms with van der Waals surface area (Å²) in [5.41, 5.74) is 5.40. The Morgan fingerprint density at radius 2 is 2.36 bits per heavy atom. The highest BCUT2D eigenvalue weighted by Crippen LogP contribution is 2.57. The van der Waals surface area contributed by atoms with Gasteiger partial charge in [0.25, 0.3) is 0 Å². The van der Waals surface area contributed by atoms with E-state index in [1.807, 2.05) is 37.7 Å². The van der Waals surface area contributed by atoms with Crippen molar-refractivity contribution in [2.24, 2.45) is 17.1 Å². The molecule has 2 aliphatic rings. The lowest BCUT2D eigenvalue weighted by Crippen LogP contribution is -2.82. The molecule has 2 heterocycles. The molecule has 1 aromatic heterocycles. The summed E-state index contributed by atoms with van der Waals surface area (Å²) in [6, 6.07) is 1.85. The molecule has 6 nitrogen and oxygen atoms in total. The molecular weight excluding hydrogens is 280 g/mol. The molecule has 122 valence electrons. The predicted molar refractivity (Wildman–Crippen MR) is 83.0 cm³/mol. The van der Waals surface area contributed by atoms with E-state index in [9.17, 15) is 4.79 Å². The van der Waals surface area contributed by atoms with Gasteiger partial charge < -0.3 is 15.8 Å². The van der Waals surface area contributed by atoms with Crippen molar-refractivity contribution in [1.82, 2.24) is 15.1 Å². The quantitative estimate of drug-likeness (QED) is 0.866. The number of hydrogen-bond acceptors (Lipinski definition) is 4. The first-order valence-electron chi connectivity index (χ1n) is 8.06. The third-order valence-electron chi connectivity index (χ3n) is 5.46. The number of aromatic nitrogens is 2. The fourth-order valence-corrected chi connectivity index (χ4v) is 4.11. The predicted octanol–water partition coefficient (Wildman–Crippen LogP) is 0.920. The number of hydrogen-bond donors (Lipinski definition) is 2. The fourth-order valence-electron chi connectivity index (χ4n) is 4.11.